The predicted molar refractivity (Wildman–Crippen MR) is 79.4 cm³/mol. The molecule has 0 saturated heterocycles. The van der Waals surface area contributed by atoms with Crippen molar-refractivity contribution in [3.05, 3.63) is 47.8 Å². The molecule has 0 bridgehead atoms. The smallest absolute Gasteiger partial charge is 0.262 e. The van der Waals surface area contributed by atoms with Crippen LogP contribution in [0.2, 0.25) is 0 Å². The fourth-order valence-electron chi connectivity index (χ4n) is 1.79. The average molecular weight is 310 g/mol. The van der Waals surface area contributed by atoms with Gasteiger partial charge in [-0.15, -0.1) is 0 Å². The molecule has 0 saturated carbocycles. The van der Waals surface area contributed by atoms with Crippen LogP contribution in [0.5, 0.6) is 5.75 Å². The Morgan fingerprint density at radius 1 is 1.19 bits per heavy atom. The van der Waals surface area contributed by atoms with E-state index >= 15 is 0 Å². The zero-order valence-electron chi connectivity index (χ0n) is 11.6. The van der Waals surface area contributed by atoms with E-state index in [4.69, 9.17) is 10.5 Å². The Labute approximate surface area is 122 Å². The second-order valence-electron chi connectivity index (χ2n) is 4.49. The fourth-order valence-corrected chi connectivity index (χ4v) is 2.89. The maximum absolute atomic E-state index is 13.7. The highest BCUT2D eigenvalue weighted by atomic mass is 32.2. The summed E-state index contributed by atoms with van der Waals surface area (Å²) in [5.41, 5.74) is 6.45. The first-order valence-electron chi connectivity index (χ1n) is 6.06. The zero-order chi connectivity index (χ0) is 15.6. The van der Waals surface area contributed by atoms with E-state index in [1.807, 2.05) is 0 Å². The van der Waals surface area contributed by atoms with Crippen LogP contribution in [-0.4, -0.2) is 15.5 Å². The summed E-state index contributed by atoms with van der Waals surface area (Å²) < 4.78 is 45.3. The lowest BCUT2D eigenvalue weighted by molar-refractivity contribution is 0.416. The zero-order valence-corrected chi connectivity index (χ0v) is 12.4. The Balaban J connectivity index is 2.36. The molecule has 0 radical (unpaired) electrons. The molecule has 2 rings (SSSR count). The lowest BCUT2D eigenvalue weighted by Gasteiger charge is -2.11. The number of nitrogens with two attached hydrogens (primary N) is 1. The molecular formula is C14H15FN2O3S. The lowest BCUT2D eigenvalue weighted by atomic mass is 10.2. The molecule has 0 aliphatic rings. The molecule has 2 aromatic rings. The Hall–Kier alpha value is -2.28. The van der Waals surface area contributed by atoms with Gasteiger partial charge >= 0.3 is 0 Å². The van der Waals surface area contributed by atoms with E-state index in [1.54, 1.807) is 13.0 Å². The quantitative estimate of drug-likeness (QED) is 0.850. The van der Waals surface area contributed by atoms with E-state index < -0.39 is 15.8 Å². The van der Waals surface area contributed by atoms with Gasteiger partial charge in [0.05, 0.1) is 23.4 Å². The largest absolute Gasteiger partial charge is 0.495 e. The van der Waals surface area contributed by atoms with Crippen molar-refractivity contribution < 1.29 is 17.5 Å². The number of halogens is 1. The fraction of sp³-hybridized carbons (Fsp3) is 0.143. The molecule has 21 heavy (non-hydrogen) atoms. The summed E-state index contributed by atoms with van der Waals surface area (Å²) in [6.07, 6.45) is 0. The molecule has 3 N–H and O–H groups in total. The van der Waals surface area contributed by atoms with Gasteiger partial charge in [-0.2, -0.15) is 0 Å². The van der Waals surface area contributed by atoms with Crippen molar-refractivity contribution in [2.75, 3.05) is 17.6 Å². The van der Waals surface area contributed by atoms with Gasteiger partial charge in [0.15, 0.2) is 0 Å². The monoisotopic (exact) mass is 310 g/mol. The molecule has 0 atom stereocenters. The standard InChI is InChI=1S/C14H15FN2O3S/c1-9-3-5-13(11(15)7-9)17-21(18,19)10-4-6-14(20-2)12(16)8-10/h3-8,17H,16H2,1-2H3. The van der Waals surface area contributed by atoms with Gasteiger partial charge < -0.3 is 10.5 Å². The van der Waals surface area contributed by atoms with Crippen molar-refractivity contribution in [1.29, 1.82) is 0 Å². The summed E-state index contributed by atoms with van der Waals surface area (Å²) in [6.45, 7) is 1.71. The molecule has 0 aliphatic heterocycles. The maximum atomic E-state index is 13.7. The minimum Gasteiger partial charge on any atom is -0.495 e. The molecule has 0 aromatic heterocycles. The third-order valence-corrected chi connectivity index (χ3v) is 4.24. The van der Waals surface area contributed by atoms with Gasteiger partial charge in [0.2, 0.25) is 0 Å². The van der Waals surface area contributed by atoms with Gasteiger partial charge in [0.25, 0.3) is 10.0 Å². The Kier molecular flexibility index (Phi) is 4.04. The van der Waals surface area contributed by atoms with E-state index in [9.17, 15) is 12.8 Å². The topological polar surface area (TPSA) is 81.4 Å². The van der Waals surface area contributed by atoms with Gasteiger partial charge in [-0.05, 0) is 42.8 Å². The van der Waals surface area contributed by atoms with Crippen molar-refractivity contribution in [1.82, 2.24) is 0 Å². The first-order chi connectivity index (χ1) is 9.83. The molecule has 0 aliphatic carbocycles. The molecule has 7 heteroatoms. The summed E-state index contributed by atoms with van der Waals surface area (Å²) in [7, 11) is -2.49. The Morgan fingerprint density at radius 3 is 2.48 bits per heavy atom. The second-order valence-corrected chi connectivity index (χ2v) is 6.17. The molecule has 112 valence electrons. The van der Waals surface area contributed by atoms with E-state index in [2.05, 4.69) is 4.72 Å². The molecule has 2 aromatic carbocycles. The van der Waals surface area contributed by atoms with Gasteiger partial charge in [0.1, 0.15) is 11.6 Å². The highest BCUT2D eigenvalue weighted by Crippen LogP contribution is 2.26. The average Bonchev–Trinajstić information content (AvgIpc) is 2.42. The number of aryl methyl sites for hydroxylation is 1. The number of hydrogen-bond acceptors (Lipinski definition) is 4. The number of hydrogen-bond donors (Lipinski definition) is 2. The van der Waals surface area contributed by atoms with Crippen LogP contribution in [-0.2, 0) is 10.0 Å². The van der Waals surface area contributed by atoms with Crippen LogP contribution in [0, 0.1) is 12.7 Å². The first kappa shape index (κ1) is 15.1. The number of nitrogen functional groups attached to an aromatic ring is 1. The number of rotatable bonds is 4. The minimum atomic E-state index is -3.92. The third kappa shape index (κ3) is 3.25. The van der Waals surface area contributed by atoms with Crippen LogP contribution in [0.3, 0.4) is 0 Å². The molecule has 5 nitrogen and oxygen atoms in total. The molecule has 0 unspecified atom stereocenters. The van der Waals surface area contributed by atoms with Gasteiger partial charge in [0, 0.05) is 0 Å². The Morgan fingerprint density at radius 2 is 1.90 bits per heavy atom. The SMILES string of the molecule is COc1ccc(S(=O)(=O)Nc2ccc(C)cc2F)cc1N. The van der Waals surface area contributed by atoms with Crippen LogP contribution >= 0.6 is 0 Å². The van der Waals surface area contributed by atoms with Crippen LogP contribution in [0.25, 0.3) is 0 Å². The summed E-state index contributed by atoms with van der Waals surface area (Å²) in [4.78, 5) is -0.0687. The number of ether oxygens (including phenoxy) is 1. The number of sulfonamides is 1. The molecule has 0 heterocycles. The Bertz CT molecular complexity index is 776. The summed E-state index contributed by atoms with van der Waals surface area (Å²) >= 11 is 0. The van der Waals surface area contributed by atoms with E-state index in [1.165, 1.54) is 37.4 Å². The number of methoxy groups -OCH3 is 1. The second kappa shape index (κ2) is 5.61. The van der Waals surface area contributed by atoms with Gasteiger partial charge in [-0.3, -0.25) is 4.72 Å². The molecule has 0 fully saturated rings. The molecule has 0 spiro atoms. The van der Waals surface area contributed by atoms with Crippen LogP contribution < -0.4 is 15.2 Å². The van der Waals surface area contributed by atoms with E-state index in [0.717, 1.165) is 0 Å². The molecular weight excluding hydrogens is 295 g/mol. The van der Waals surface area contributed by atoms with Crippen LogP contribution in [0.15, 0.2) is 41.3 Å². The summed E-state index contributed by atoms with van der Waals surface area (Å²) in [5, 5.41) is 0. The first-order valence-corrected chi connectivity index (χ1v) is 7.54. The number of anilines is 2. The van der Waals surface area contributed by atoms with Gasteiger partial charge in [-0.1, -0.05) is 6.07 Å². The molecule has 0 amide bonds. The highest BCUT2D eigenvalue weighted by molar-refractivity contribution is 7.92. The lowest BCUT2D eigenvalue weighted by Crippen LogP contribution is -2.14. The normalized spacial score (nSPS) is 11.2. The van der Waals surface area contributed by atoms with Crippen molar-refractivity contribution >= 4 is 21.4 Å². The van der Waals surface area contributed by atoms with E-state index in [0.29, 0.717) is 11.3 Å². The van der Waals surface area contributed by atoms with Crippen molar-refractivity contribution in [2.24, 2.45) is 0 Å². The third-order valence-electron chi connectivity index (χ3n) is 2.88. The predicted octanol–water partition coefficient (Wildman–Crippen LogP) is 2.53. The van der Waals surface area contributed by atoms with Crippen molar-refractivity contribution in [3.8, 4) is 5.75 Å². The minimum absolute atomic E-state index is 0.0687. The summed E-state index contributed by atoms with van der Waals surface area (Å²) in [6, 6.07) is 8.27. The van der Waals surface area contributed by atoms with E-state index in [-0.39, 0.29) is 16.3 Å². The van der Waals surface area contributed by atoms with Crippen LogP contribution in [0.1, 0.15) is 5.56 Å². The van der Waals surface area contributed by atoms with Crippen molar-refractivity contribution in [3.63, 3.8) is 0 Å². The summed E-state index contributed by atoms with van der Waals surface area (Å²) in [5.74, 6) is -0.268. The maximum Gasteiger partial charge on any atom is 0.262 e. The van der Waals surface area contributed by atoms with Gasteiger partial charge in [-0.25, -0.2) is 12.8 Å². The van der Waals surface area contributed by atoms with Crippen LogP contribution in [0.4, 0.5) is 15.8 Å². The highest BCUT2D eigenvalue weighted by Gasteiger charge is 2.17. The van der Waals surface area contributed by atoms with Crippen molar-refractivity contribution in [2.45, 2.75) is 11.8 Å². The number of nitrogens with one attached hydrogen (secondary N) is 1. The number of benzene rings is 2.